The zero-order valence-electron chi connectivity index (χ0n) is 7.42. The molecule has 1 heterocycles. The molecule has 0 amide bonds. The Labute approximate surface area is 73.5 Å². The number of nitrogens with zero attached hydrogens (tertiary/aromatic N) is 1. The first kappa shape index (κ1) is 9.36. The van der Waals surface area contributed by atoms with Crippen LogP contribution in [0.5, 0.6) is 0 Å². The summed E-state index contributed by atoms with van der Waals surface area (Å²) in [5.74, 6) is 2.55. The quantitative estimate of drug-likeness (QED) is 0.670. The highest BCUT2D eigenvalue weighted by Crippen LogP contribution is 2.15. The van der Waals surface area contributed by atoms with Crippen LogP contribution in [-0.4, -0.2) is 41.6 Å². The second-order valence-corrected chi connectivity index (χ2v) is 4.55. The third-order valence-corrected chi connectivity index (χ3v) is 3.22. The van der Waals surface area contributed by atoms with E-state index in [-0.39, 0.29) is 0 Å². The van der Waals surface area contributed by atoms with Crippen molar-refractivity contribution in [2.24, 2.45) is 5.73 Å². The molecule has 0 radical (unpaired) electrons. The van der Waals surface area contributed by atoms with Crippen LogP contribution in [0.4, 0.5) is 0 Å². The maximum absolute atomic E-state index is 5.74. The van der Waals surface area contributed by atoms with Gasteiger partial charge in [0.1, 0.15) is 0 Å². The fraction of sp³-hybridized carbons (Fsp3) is 1.00. The summed E-state index contributed by atoms with van der Waals surface area (Å²) in [4.78, 5) is 2.49. The number of rotatable bonds is 2. The van der Waals surface area contributed by atoms with Crippen LogP contribution >= 0.6 is 11.8 Å². The van der Waals surface area contributed by atoms with E-state index < -0.39 is 0 Å². The number of hydrogen-bond acceptors (Lipinski definition) is 3. The molecule has 66 valence electrons. The molecule has 1 saturated heterocycles. The summed E-state index contributed by atoms with van der Waals surface area (Å²) < 4.78 is 0. The first-order valence-electron chi connectivity index (χ1n) is 4.27. The summed E-state index contributed by atoms with van der Waals surface area (Å²) in [6.45, 7) is 6.64. The van der Waals surface area contributed by atoms with E-state index in [1.54, 1.807) is 0 Å². The van der Waals surface area contributed by atoms with E-state index in [9.17, 15) is 0 Å². The van der Waals surface area contributed by atoms with Crippen molar-refractivity contribution in [1.82, 2.24) is 4.90 Å². The van der Waals surface area contributed by atoms with E-state index >= 15 is 0 Å². The Bertz CT molecular complexity index is 117. The van der Waals surface area contributed by atoms with Gasteiger partial charge in [-0.1, -0.05) is 0 Å². The molecule has 11 heavy (non-hydrogen) atoms. The molecule has 1 rings (SSSR count). The SMILES string of the molecule is CC1CSCCN1C[C@H](C)N. The summed E-state index contributed by atoms with van der Waals surface area (Å²) in [6.07, 6.45) is 0. The van der Waals surface area contributed by atoms with E-state index in [0.29, 0.717) is 6.04 Å². The van der Waals surface area contributed by atoms with Crippen molar-refractivity contribution < 1.29 is 0 Å². The van der Waals surface area contributed by atoms with Crippen LogP contribution in [0, 0.1) is 0 Å². The number of thioether (sulfide) groups is 1. The van der Waals surface area contributed by atoms with Crippen LogP contribution in [0.25, 0.3) is 0 Å². The molecule has 1 unspecified atom stereocenters. The lowest BCUT2D eigenvalue weighted by atomic mass is 10.2. The van der Waals surface area contributed by atoms with Gasteiger partial charge in [-0.05, 0) is 13.8 Å². The number of nitrogens with two attached hydrogens (primary N) is 1. The lowest BCUT2D eigenvalue weighted by Crippen LogP contribution is -2.45. The van der Waals surface area contributed by atoms with Crippen LogP contribution in [0.2, 0.25) is 0 Å². The van der Waals surface area contributed by atoms with Gasteiger partial charge in [0.05, 0.1) is 0 Å². The molecule has 0 bridgehead atoms. The molecule has 3 heteroatoms. The molecule has 0 aromatic rings. The molecular weight excluding hydrogens is 156 g/mol. The Morgan fingerprint density at radius 3 is 3.00 bits per heavy atom. The van der Waals surface area contributed by atoms with Gasteiger partial charge < -0.3 is 5.73 Å². The fourth-order valence-electron chi connectivity index (χ4n) is 1.40. The lowest BCUT2D eigenvalue weighted by Gasteiger charge is -2.33. The van der Waals surface area contributed by atoms with Gasteiger partial charge >= 0.3 is 0 Å². The molecule has 2 nitrogen and oxygen atoms in total. The summed E-state index contributed by atoms with van der Waals surface area (Å²) in [6, 6.07) is 1.04. The van der Waals surface area contributed by atoms with E-state index in [1.165, 1.54) is 18.1 Å². The van der Waals surface area contributed by atoms with E-state index in [4.69, 9.17) is 5.73 Å². The van der Waals surface area contributed by atoms with Crippen LogP contribution in [0.1, 0.15) is 13.8 Å². The minimum absolute atomic E-state index is 0.320. The van der Waals surface area contributed by atoms with Crippen LogP contribution in [0.15, 0.2) is 0 Å². The lowest BCUT2D eigenvalue weighted by molar-refractivity contribution is 0.222. The van der Waals surface area contributed by atoms with Gasteiger partial charge in [-0.25, -0.2) is 0 Å². The average molecular weight is 174 g/mol. The molecule has 1 aliphatic heterocycles. The number of hydrogen-bond donors (Lipinski definition) is 1. The average Bonchev–Trinajstić information content (AvgIpc) is 1.93. The molecule has 2 N–H and O–H groups in total. The monoisotopic (exact) mass is 174 g/mol. The van der Waals surface area contributed by atoms with Crippen LogP contribution in [-0.2, 0) is 0 Å². The Morgan fingerprint density at radius 1 is 1.73 bits per heavy atom. The predicted octanol–water partition coefficient (Wildman–Crippen LogP) is 0.771. The van der Waals surface area contributed by atoms with Gasteiger partial charge in [-0.2, -0.15) is 11.8 Å². The molecular formula is C8H18N2S. The molecule has 0 saturated carbocycles. The zero-order chi connectivity index (χ0) is 8.27. The minimum Gasteiger partial charge on any atom is -0.327 e. The first-order chi connectivity index (χ1) is 5.20. The molecule has 2 atom stereocenters. The second-order valence-electron chi connectivity index (χ2n) is 3.40. The van der Waals surface area contributed by atoms with Crippen molar-refractivity contribution in [1.29, 1.82) is 0 Å². The summed E-state index contributed by atoms with van der Waals surface area (Å²) in [5, 5.41) is 0. The normalized spacial score (nSPS) is 30.3. The molecule has 0 aliphatic carbocycles. The van der Waals surface area contributed by atoms with E-state index in [1.807, 2.05) is 0 Å². The van der Waals surface area contributed by atoms with Crippen LogP contribution in [0.3, 0.4) is 0 Å². The van der Waals surface area contributed by atoms with Crippen molar-refractivity contribution >= 4 is 11.8 Å². The molecule has 0 aromatic heterocycles. The maximum atomic E-state index is 5.74. The van der Waals surface area contributed by atoms with Gasteiger partial charge in [-0.3, -0.25) is 4.90 Å². The highest BCUT2D eigenvalue weighted by Gasteiger charge is 2.18. The van der Waals surface area contributed by atoms with Gasteiger partial charge in [-0.15, -0.1) is 0 Å². The van der Waals surface area contributed by atoms with Crippen molar-refractivity contribution in [3.8, 4) is 0 Å². The van der Waals surface area contributed by atoms with Gasteiger partial charge in [0.2, 0.25) is 0 Å². The fourth-order valence-corrected chi connectivity index (χ4v) is 2.48. The summed E-state index contributed by atoms with van der Waals surface area (Å²) >= 11 is 2.05. The topological polar surface area (TPSA) is 29.3 Å². The summed E-state index contributed by atoms with van der Waals surface area (Å²) in [5.41, 5.74) is 5.74. The maximum Gasteiger partial charge on any atom is 0.0159 e. The molecule has 0 aromatic carbocycles. The first-order valence-corrected chi connectivity index (χ1v) is 5.43. The van der Waals surface area contributed by atoms with Crippen molar-refractivity contribution in [2.75, 3.05) is 24.6 Å². The summed E-state index contributed by atoms with van der Waals surface area (Å²) in [7, 11) is 0. The van der Waals surface area contributed by atoms with Gasteiger partial charge in [0, 0.05) is 36.7 Å². The Kier molecular flexibility index (Phi) is 3.69. The van der Waals surface area contributed by atoms with Crippen molar-refractivity contribution in [2.45, 2.75) is 25.9 Å². The van der Waals surface area contributed by atoms with E-state index in [2.05, 4.69) is 30.5 Å². The zero-order valence-corrected chi connectivity index (χ0v) is 8.23. The van der Waals surface area contributed by atoms with Crippen LogP contribution < -0.4 is 5.73 Å². The molecule has 0 spiro atoms. The Hall–Kier alpha value is 0.270. The van der Waals surface area contributed by atoms with Crippen molar-refractivity contribution in [3.63, 3.8) is 0 Å². The standard InChI is InChI=1S/C8H18N2S/c1-7(9)5-10-3-4-11-6-8(10)2/h7-8H,3-6,9H2,1-2H3/t7-,8?/m0/s1. The highest BCUT2D eigenvalue weighted by atomic mass is 32.2. The van der Waals surface area contributed by atoms with Crippen molar-refractivity contribution in [3.05, 3.63) is 0 Å². The van der Waals surface area contributed by atoms with Gasteiger partial charge in [0.25, 0.3) is 0 Å². The predicted molar refractivity (Wildman–Crippen MR) is 52.0 cm³/mol. The second kappa shape index (κ2) is 4.33. The molecule has 1 aliphatic rings. The third kappa shape index (κ3) is 3.01. The largest absolute Gasteiger partial charge is 0.327 e. The van der Waals surface area contributed by atoms with E-state index in [0.717, 1.165) is 12.6 Å². The molecule has 1 fully saturated rings. The smallest absolute Gasteiger partial charge is 0.0159 e. The Balaban J connectivity index is 2.29. The minimum atomic E-state index is 0.320. The highest BCUT2D eigenvalue weighted by molar-refractivity contribution is 7.99. The van der Waals surface area contributed by atoms with Gasteiger partial charge in [0.15, 0.2) is 0 Å². The third-order valence-electron chi connectivity index (χ3n) is 2.03. The Morgan fingerprint density at radius 2 is 2.45 bits per heavy atom.